The normalized spacial score (nSPS) is 23.1. The van der Waals surface area contributed by atoms with Gasteiger partial charge in [0.15, 0.2) is 6.29 Å². The van der Waals surface area contributed by atoms with Crippen LogP contribution in [-0.4, -0.2) is 30.7 Å². The maximum atomic E-state index is 9.35. The van der Waals surface area contributed by atoms with Crippen molar-refractivity contribution in [3.8, 4) is 0 Å². The van der Waals surface area contributed by atoms with Gasteiger partial charge in [0.05, 0.1) is 13.2 Å². The Morgan fingerprint density at radius 1 is 1.46 bits per heavy atom. The van der Waals surface area contributed by atoms with Gasteiger partial charge in [-0.05, 0) is 12.8 Å². The van der Waals surface area contributed by atoms with E-state index < -0.39 is 6.29 Å². The third kappa shape index (κ3) is 6.02. The largest absolute Gasteiger partial charge is 0.371 e. The van der Waals surface area contributed by atoms with Crippen LogP contribution in [0.25, 0.3) is 0 Å². The molecule has 1 N–H and O–H groups in total. The molecule has 78 valence electrons. The molecule has 3 heteroatoms. The molecule has 0 radical (unpaired) electrons. The molecule has 1 heterocycles. The minimum Gasteiger partial charge on any atom is -0.371 e. The molecule has 2 atom stereocenters. The van der Waals surface area contributed by atoms with Crippen molar-refractivity contribution >= 4 is 0 Å². The van der Waals surface area contributed by atoms with Gasteiger partial charge in [-0.2, -0.15) is 0 Å². The maximum absolute atomic E-state index is 9.35. The van der Waals surface area contributed by atoms with Crippen LogP contribution in [0.5, 0.6) is 0 Å². The lowest BCUT2D eigenvalue weighted by Crippen LogP contribution is -2.15. The maximum Gasteiger partial charge on any atom is 0.154 e. The van der Waals surface area contributed by atoms with Gasteiger partial charge in [-0.1, -0.05) is 26.2 Å². The van der Waals surface area contributed by atoms with Crippen LogP contribution in [0.2, 0.25) is 0 Å². The van der Waals surface area contributed by atoms with E-state index in [-0.39, 0.29) is 6.10 Å². The molecule has 2 unspecified atom stereocenters. The molecule has 13 heavy (non-hydrogen) atoms. The Morgan fingerprint density at radius 2 is 2.23 bits per heavy atom. The fraction of sp³-hybridized carbons (Fsp3) is 1.00. The van der Waals surface area contributed by atoms with Crippen molar-refractivity contribution < 1.29 is 14.6 Å². The molecular formula is C10H20O3. The summed E-state index contributed by atoms with van der Waals surface area (Å²) < 4.78 is 10.1. The molecule has 0 saturated carbocycles. The third-order valence-electron chi connectivity index (χ3n) is 2.18. The van der Waals surface area contributed by atoms with E-state index in [1.165, 1.54) is 19.3 Å². The van der Waals surface area contributed by atoms with E-state index in [1.54, 1.807) is 0 Å². The summed E-state index contributed by atoms with van der Waals surface area (Å²) in [5, 5.41) is 9.35. The number of hydrogen-bond donors (Lipinski definition) is 1. The topological polar surface area (TPSA) is 42.0 Å². The molecule has 1 aliphatic heterocycles. The summed E-state index contributed by atoms with van der Waals surface area (Å²) in [5.74, 6) is 0. The molecule has 0 aromatic heterocycles. The van der Waals surface area contributed by atoms with Gasteiger partial charge in [0, 0.05) is 0 Å². The summed E-state index contributed by atoms with van der Waals surface area (Å²) in [7, 11) is 0. The molecule has 0 aliphatic carbocycles. The van der Waals surface area contributed by atoms with Crippen molar-refractivity contribution in [2.45, 2.75) is 51.4 Å². The smallest absolute Gasteiger partial charge is 0.154 e. The second kappa shape index (κ2) is 6.35. The molecule has 3 nitrogen and oxygen atoms in total. The van der Waals surface area contributed by atoms with E-state index in [9.17, 15) is 5.11 Å². The summed E-state index contributed by atoms with van der Waals surface area (Å²) in [4.78, 5) is 0. The Hall–Kier alpha value is -0.120. The minimum atomic E-state index is -0.582. The third-order valence-corrected chi connectivity index (χ3v) is 2.18. The van der Waals surface area contributed by atoms with E-state index >= 15 is 0 Å². The van der Waals surface area contributed by atoms with Gasteiger partial charge in [0.25, 0.3) is 0 Å². The highest BCUT2D eigenvalue weighted by molar-refractivity contribution is 4.67. The highest BCUT2D eigenvalue weighted by Gasteiger charge is 2.23. The van der Waals surface area contributed by atoms with Crippen molar-refractivity contribution in [1.82, 2.24) is 0 Å². The molecule has 0 bridgehead atoms. The van der Waals surface area contributed by atoms with Crippen LogP contribution in [-0.2, 0) is 9.47 Å². The SMILES string of the molecule is CCCCCCC(O)OCC1CO1. The van der Waals surface area contributed by atoms with Crippen LogP contribution >= 0.6 is 0 Å². The van der Waals surface area contributed by atoms with Crippen molar-refractivity contribution in [1.29, 1.82) is 0 Å². The molecule has 0 amide bonds. The zero-order chi connectivity index (χ0) is 9.52. The van der Waals surface area contributed by atoms with Gasteiger partial charge in [0.1, 0.15) is 6.10 Å². The van der Waals surface area contributed by atoms with Gasteiger partial charge in [0.2, 0.25) is 0 Å². The first-order chi connectivity index (χ1) is 6.33. The lowest BCUT2D eigenvalue weighted by molar-refractivity contribution is -0.107. The number of epoxide rings is 1. The molecule has 1 rings (SSSR count). The average Bonchev–Trinajstić information content (AvgIpc) is 2.92. The molecule has 0 aromatic rings. The molecule has 0 aromatic carbocycles. The highest BCUT2D eigenvalue weighted by Crippen LogP contribution is 2.11. The average molecular weight is 188 g/mol. The highest BCUT2D eigenvalue weighted by atomic mass is 16.6. The zero-order valence-electron chi connectivity index (χ0n) is 8.37. The molecule has 1 saturated heterocycles. The van der Waals surface area contributed by atoms with Crippen LogP contribution in [0, 0.1) is 0 Å². The van der Waals surface area contributed by atoms with Gasteiger partial charge in [-0.15, -0.1) is 0 Å². The van der Waals surface area contributed by atoms with Crippen LogP contribution < -0.4 is 0 Å². The van der Waals surface area contributed by atoms with Crippen LogP contribution in [0.3, 0.4) is 0 Å². The first kappa shape index (κ1) is 11.0. The fourth-order valence-corrected chi connectivity index (χ4v) is 1.21. The quantitative estimate of drug-likeness (QED) is 0.358. The lowest BCUT2D eigenvalue weighted by atomic mass is 10.1. The Labute approximate surface area is 80.0 Å². The summed E-state index contributed by atoms with van der Waals surface area (Å²) in [6, 6.07) is 0. The summed E-state index contributed by atoms with van der Waals surface area (Å²) in [6.07, 6.45) is 5.15. The fourth-order valence-electron chi connectivity index (χ4n) is 1.21. The number of rotatable bonds is 8. The number of unbranched alkanes of at least 4 members (excludes halogenated alkanes) is 3. The summed E-state index contributed by atoms with van der Waals surface area (Å²) >= 11 is 0. The van der Waals surface area contributed by atoms with E-state index in [1.807, 2.05) is 0 Å². The van der Waals surface area contributed by atoms with Gasteiger partial charge in [-0.25, -0.2) is 0 Å². The first-order valence-corrected chi connectivity index (χ1v) is 5.24. The lowest BCUT2D eigenvalue weighted by Gasteiger charge is -2.10. The van der Waals surface area contributed by atoms with Crippen LogP contribution in [0.4, 0.5) is 0 Å². The van der Waals surface area contributed by atoms with E-state index in [4.69, 9.17) is 9.47 Å². The van der Waals surface area contributed by atoms with E-state index in [0.29, 0.717) is 6.61 Å². The van der Waals surface area contributed by atoms with Crippen molar-refractivity contribution in [2.75, 3.05) is 13.2 Å². The first-order valence-electron chi connectivity index (χ1n) is 5.24. The monoisotopic (exact) mass is 188 g/mol. The van der Waals surface area contributed by atoms with E-state index in [0.717, 1.165) is 19.4 Å². The van der Waals surface area contributed by atoms with Crippen molar-refractivity contribution in [3.05, 3.63) is 0 Å². The van der Waals surface area contributed by atoms with Crippen LogP contribution in [0.1, 0.15) is 39.0 Å². The van der Waals surface area contributed by atoms with Gasteiger partial charge < -0.3 is 14.6 Å². The summed E-state index contributed by atoms with van der Waals surface area (Å²) in [5.41, 5.74) is 0. The Morgan fingerprint density at radius 3 is 2.85 bits per heavy atom. The minimum absolute atomic E-state index is 0.255. The second-order valence-corrected chi connectivity index (χ2v) is 3.59. The van der Waals surface area contributed by atoms with Crippen molar-refractivity contribution in [2.24, 2.45) is 0 Å². The zero-order valence-corrected chi connectivity index (χ0v) is 8.37. The number of hydrogen-bond acceptors (Lipinski definition) is 3. The molecule has 1 aliphatic rings. The predicted molar refractivity (Wildman–Crippen MR) is 50.5 cm³/mol. The second-order valence-electron chi connectivity index (χ2n) is 3.59. The van der Waals surface area contributed by atoms with E-state index in [2.05, 4.69) is 6.92 Å². The van der Waals surface area contributed by atoms with Crippen molar-refractivity contribution in [3.63, 3.8) is 0 Å². The Balaban J connectivity index is 1.81. The molecule has 0 spiro atoms. The van der Waals surface area contributed by atoms with Gasteiger partial charge in [-0.3, -0.25) is 0 Å². The van der Waals surface area contributed by atoms with Crippen LogP contribution in [0.15, 0.2) is 0 Å². The number of aliphatic hydroxyl groups is 1. The standard InChI is InChI=1S/C10H20O3/c1-2-3-4-5-6-10(11)13-8-9-7-12-9/h9-11H,2-8H2,1H3. The Bertz CT molecular complexity index is 123. The number of ether oxygens (including phenoxy) is 2. The summed E-state index contributed by atoms with van der Waals surface area (Å²) in [6.45, 7) is 3.52. The Kier molecular flexibility index (Phi) is 5.35. The predicted octanol–water partition coefficient (Wildman–Crippen LogP) is 1.69. The molecule has 1 fully saturated rings. The van der Waals surface area contributed by atoms with Gasteiger partial charge >= 0.3 is 0 Å². The number of aliphatic hydroxyl groups excluding tert-OH is 1. The molecular weight excluding hydrogens is 168 g/mol.